The first-order chi connectivity index (χ1) is 10.5. The highest BCUT2D eigenvalue weighted by atomic mass is 35.5. The minimum Gasteiger partial charge on any atom is -0.506 e. The molecule has 0 bridgehead atoms. The van der Waals surface area contributed by atoms with Crippen LogP contribution in [0.15, 0.2) is 30.3 Å². The predicted molar refractivity (Wildman–Crippen MR) is 89.2 cm³/mol. The second-order valence-electron chi connectivity index (χ2n) is 5.04. The maximum atomic E-state index is 12.0. The Bertz CT molecular complexity index is 657. The summed E-state index contributed by atoms with van der Waals surface area (Å²) in [6.07, 6.45) is 0.675. The van der Waals surface area contributed by atoms with Crippen molar-refractivity contribution in [3.63, 3.8) is 0 Å². The maximum Gasteiger partial charge on any atom is 0.261 e. The Labute approximate surface area is 138 Å². The third-order valence-corrected chi connectivity index (χ3v) is 4.38. The van der Waals surface area contributed by atoms with Gasteiger partial charge < -0.3 is 15.2 Å². The van der Waals surface area contributed by atoms with E-state index in [4.69, 9.17) is 16.3 Å². The van der Waals surface area contributed by atoms with Crippen LogP contribution in [0.3, 0.4) is 0 Å². The van der Waals surface area contributed by atoms with Gasteiger partial charge in [0.2, 0.25) is 0 Å². The van der Waals surface area contributed by atoms with Crippen molar-refractivity contribution in [3.05, 3.63) is 45.1 Å². The van der Waals surface area contributed by atoms with E-state index < -0.39 is 0 Å². The second-order valence-corrected chi connectivity index (χ2v) is 6.73. The standard InChI is InChI=1S/C16H18ClNO3S/c1-10(18-16(20)15-6-3-11(2)22-15)7-8-21-12-4-5-14(19)13(17)9-12/h3-6,9-10,19H,7-8H2,1-2H3,(H,18,20). The average molecular weight is 340 g/mol. The van der Waals surface area contributed by atoms with Crippen LogP contribution in [0.25, 0.3) is 0 Å². The molecule has 0 saturated carbocycles. The number of phenols is 1. The minimum atomic E-state index is -0.0572. The van der Waals surface area contributed by atoms with Crippen LogP contribution in [0, 0.1) is 6.92 Å². The molecule has 0 radical (unpaired) electrons. The van der Waals surface area contributed by atoms with Gasteiger partial charge in [0.05, 0.1) is 16.5 Å². The summed E-state index contributed by atoms with van der Waals surface area (Å²) in [5.41, 5.74) is 0. The van der Waals surface area contributed by atoms with Gasteiger partial charge in [-0.15, -0.1) is 11.3 Å². The molecule has 1 aromatic carbocycles. The SMILES string of the molecule is Cc1ccc(C(=O)NC(C)CCOc2ccc(O)c(Cl)c2)s1. The number of phenolic OH excluding ortho intramolecular Hbond substituents is 1. The Morgan fingerprint density at radius 1 is 1.41 bits per heavy atom. The molecule has 0 aliphatic carbocycles. The number of thiophene rings is 1. The normalized spacial score (nSPS) is 12.0. The lowest BCUT2D eigenvalue weighted by atomic mass is 10.2. The Morgan fingerprint density at radius 3 is 2.82 bits per heavy atom. The van der Waals surface area contributed by atoms with Gasteiger partial charge in [0.1, 0.15) is 11.5 Å². The van der Waals surface area contributed by atoms with Gasteiger partial charge in [-0.25, -0.2) is 0 Å². The third-order valence-electron chi connectivity index (χ3n) is 3.08. The molecule has 6 heteroatoms. The number of carbonyl (C=O) groups excluding carboxylic acids is 1. The van der Waals surface area contributed by atoms with E-state index in [1.165, 1.54) is 17.4 Å². The highest BCUT2D eigenvalue weighted by molar-refractivity contribution is 7.13. The summed E-state index contributed by atoms with van der Waals surface area (Å²) in [5, 5.41) is 12.5. The molecular weight excluding hydrogens is 322 g/mol. The van der Waals surface area contributed by atoms with Crippen molar-refractivity contribution in [1.29, 1.82) is 0 Å². The van der Waals surface area contributed by atoms with Gasteiger partial charge in [0.15, 0.2) is 0 Å². The van der Waals surface area contributed by atoms with Crippen LogP contribution in [0.4, 0.5) is 0 Å². The molecule has 0 saturated heterocycles. The van der Waals surface area contributed by atoms with Crippen LogP contribution in [-0.2, 0) is 0 Å². The number of benzene rings is 1. The molecule has 0 fully saturated rings. The quantitative estimate of drug-likeness (QED) is 0.836. The van der Waals surface area contributed by atoms with E-state index in [1.807, 2.05) is 26.0 Å². The first-order valence-electron chi connectivity index (χ1n) is 6.94. The average Bonchev–Trinajstić information content (AvgIpc) is 2.89. The molecule has 4 nitrogen and oxygen atoms in total. The van der Waals surface area contributed by atoms with Crippen molar-refractivity contribution in [2.24, 2.45) is 0 Å². The van der Waals surface area contributed by atoms with E-state index in [2.05, 4.69) is 5.32 Å². The van der Waals surface area contributed by atoms with Gasteiger partial charge in [-0.3, -0.25) is 4.79 Å². The zero-order chi connectivity index (χ0) is 16.1. The Balaban J connectivity index is 1.76. The first kappa shape index (κ1) is 16.6. The maximum absolute atomic E-state index is 12.0. The molecule has 2 rings (SSSR count). The minimum absolute atomic E-state index is 0.00231. The topological polar surface area (TPSA) is 58.6 Å². The molecule has 22 heavy (non-hydrogen) atoms. The van der Waals surface area contributed by atoms with Crippen LogP contribution >= 0.6 is 22.9 Å². The largest absolute Gasteiger partial charge is 0.506 e. The number of aromatic hydroxyl groups is 1. The fourth-order valence-electron chi connectivity index (χ4n) is 1.85. The van der Waals surface area contributed by atoms with E-state index >= 15 is 0 Å². The smallest absolute Gasteiger partial charge is 0.261 e. The van der Waals surface area contributed by atoms with Gasteiger partial charge in [0.25, 0.3) is 5.91 Å². The molecule has 2 aromatic rings. The van der Waals surface area contributed by atoms with Crippen LogP contribution in [0.2, 0.25) is 5.02 Å². The summed E-state index contributed by atoms with van der Waals surface area (Å²) < 4.78 is 5.56. The predicted octanol–water partition coefficient (Wildman–Crippen LogP) is 4.00. The van der Waals surface area contributed by atoms with E-state index in [-0.39, 0.29) is 22.7 Å². The fraction of sp³-hybridized carbons (Fsp3) is 0.312. The van der Waals surface area contributed by atoms with Gasteiger partial charge in [-0.2, -0.15) is 0 Å². The van der Waals surface area contributed by atoms with Gasteiger partial charge >= 0.3 is 0 Å². The number of carbonyl (C=O) groups is 1. The highest BCUT2D eigenvalue weighted by Gasteiger charge is 2.11. The first-order valence-corrected chi connectivity index (χ1v) is 8.14. The van der Waals surface area contributed by atoms with Crippen molar-refractivity contribution in [1.82, 2.24) is 5.32 Å². The lowest BCUT2D eigenvalue weighted by Gasteiger charge is -2.14. The van der Waals surface area contributed by atoms with Crippen LogP contribution in [0.5, 0.6) is 11.5 Å². The van der Waals surface area contributed by atoms with Crippen LogP contribution in [0.1, 0.15) is 27.9 Å². The zero-order valence-electron chi connectivity index (χ0n) is 12.4. The van der Waals surface area contributed by atoms with Crippen molar-refractivity contribution < 1.29 is 14.6 Å². The third kappa shape index (κ3) is 4.64. The molecule has 1 unspecified atom stereocenters. The van der Waals surface area contributed by atoms with Crippen molar-refractivity contribution in [3.8, 4) is 11.5 Å². The van der Waals surface area contributed by atoms with Gasteiger partial charge in [-0.1, -0.05) is 11.6 Å². The summed E-state index contributed by atoms with van der Waals surface area (Å²) in [7, 11) is 0. The number of hydrogen-bond acceptors (Lipinski definition) is 4. The second kappa shape index (κ2) is 7.51. The van der Waals surface area contributed by atoms with E-state index in [0.717, 1.165) is 9.75 Å². The number of aryl methyl sites for hydroxylation is 1. The summed E-state index contributed by atoms with van der Waals surface area (Å²) >= 11 is 7.29. The van der Waals surface area contributed by atoms with E-state index in [0.29, 0.717) is 18.8 Å². The zero-order valence-corrected chi connectivity index (χ0v) is 14.0. The lowest BCUT2D eigenvalue weighted by Crippen LogP contribution is -2.33. The van der Waals surface area contributed by atoms with Crippen molar-refractivity contribution in [2.75, 3.05) is 6.61 Å². The number of ether oxygens (including phenoxy) is 1. The summed E-state index contributed by atoms with van der Waals surface area (Å²) in [6.45, 7) is 4.36. The van der Waals surface area contributed by atoms with Gasteiger partial charge in [-0.05, 0) is 38.1 Å². The number of halogens is 1. The molecule has 0 aliphatic rings. The molecule has 0 aliphatic heterocycles. The molecule has 2 N–H and O–H groups in total. The van der Waals surface area contributed by atoms with E-state index in [1.54, 1.807) is 12.1 Å². The van der Waals surface area contributed by atoms with E-state index in [9.17, 15) is 9.90 Å². The summed E-state index contributed by atoms with van der Waals surface area (Å²) in [4.78, 5) is 13.8. The lowest BCUT2D eigenvalue weighted by molar-refractivity contribution is 0.0939. The van der Waals surface area contributed by atoms with Gasteiger partial charge in [0, 0.05) is 23.4 Å². The Hall–Kier alpha value is -1.72. The molecule has 118 valence electrons. The monoisotopic (exact) mass is 339 g/mol. The molecule has 1 aromatic heterocycles. The molecule has 1 atom stereocenters. The fourth-order valence-corrected chi connectivity index (χ4v) is 2.80. The number of amides is 1. The Kier molecular flexibility index (Phi) is 5.69. The number of rotatable bonds is 6. The highest BCUT2D eigenvalue weighted by Crippen LogP contribution is 2.27. The van der Waals surface area contributed by atoms with Crippen molar-refractivity contribution >= 4 is 28.8 Å². The number of nitrogens with one attached hydrogen (secondary N) is 1. The van der Waals surface area contributed by atoms with Crippen LogP contribution < -0.4 is 10.1 Å². The molecular formula is C16H18ClNO3S. The summed E-state index contributed by atoms with van der Waals surface area (Å²) in [5.74, 6) is 0.564. The summed E-state index contributed by atoms with van der Waals surface area (Å²) in [6, 6.07) is 8.47. The number of hydrogen-bond donors (Lipinski definition) is 2. The van der Waals surface area contributed by atoms with Crippen LogP contribution in [-0.4, -0.2) is 23.7 Å². The molecule has 1 heterocycles. The Morgan fingerprint density at radius 2 is 2.18 bits per heavy atom. The van der Waals surface area contributed by atoms with Crippen molar-refractivity contribution in [2.45, 2.75) is 26.3 Å². The molecule has 0 spiro atoms. The molecule has 1 amide bonds.